The van der Waals surface area contributed by atoms with Crippen LogP contribution in [0.15, 0.2) is 16.8 Å². The largest absolute Gasteiger partial charge is 0.368 e. The fourth-order valence-corrected chi connectivity index (χ4v) is 2.40. The third-order valence-corrected chi connectivity index (χ3v) is 3.56. The van der Waals surface area contributed by atoms with E-state index in [1.807, 2.05) is 0 Å². The lowest BCUT2D eigenvalue weighted by atomic mass is 10.2. The quantitative estimate of drug-likeness (QED) is 0.760. The van der Waals surface area contributed by atoms with E-state index in [2.05, 4.69) is 21.7 Å². The lowest BCUT2D eigenvalue weighted by molar-refractivity contribution is -0.119. The number of nitrogens with zero attached hydrogens (tertiary/aromatic N) is 1. The summed E-state index contributed by atoms with van der Waals surface area (Å²) >= 11 is 1.69. The predicted octanol–water partition coefficient (Wildman–Crippen LogP) is 0.525. The van der Waals surface area contributed by atoms with Gasteiger partial charge in [-0.05, 0) is 35.2 Å². The summed E-state index contributed by atoms with van der Waals surface area (Å²) in [5, 5.41) is 4.19. The molecule has 4 N–H and O–H groups in total. The van der Waals surface area contributed by atoms with Gasteiger partial charge in [0, 0.05) is 19.1 Å². The molecule has 1 aliphatic carbocycles. The zero-order valence-corrected chi connectivity index (χ0v) is 9.95. The van der Waals surface area contributed by atoms with Crippen LogP contribution in [-0.4, -0.2) is 29.4 Å². The number of rotatable bonds is 6. The van der Waals surface area contributed by atoms with Gasteiger partial charge < -0.3 is 11.5 Å². The molecule has 4 nitrogen and oxygen atoms in total. The van der Waals surface area contributed by atoms with Crippen LogP contribution in [0.1, 0.15) is 18.4 Å². The van der Waals surface area contributed by atoms with Crippen LogP contribution >= 0.6 is 11.3 Å². The summed E-state index contributed by atoms with van der Waals surface area (Å²) in [5.74, 6) is -0.420. The van der Waals surface area contributed by atoms with Crippen molar-refractivity contribution in [3.05, 3.63) is 22.4 Å². The van der Waals surface area contributed by atoms with E-state index in [1.165, 1.54) is 18.4 Å². The highest BCUT2D eigenvalue weighted by Gasteiger charge is 2.30. The highest BCUT2D eigenvalue weighted by atomic mass is 32.1. The highest BCUT2D eigenvalue weighted by molar-refractivity contribution is 7.07. The molecule has 0 spiro atoms. The minimum Gasteiger partial charge on any atom is -0.368 e. The van der Waals surface area contributed by atoms with Crippen LogP contribution in [0.5, 0.6) is 0 Å². The summed E-state index contributed by atoms with van der Waals surface area (Å²) in [7, 11) is 0. The van der Waals surface area contributed by atoms with Gasteiger partial charge in [0.05, 0.1) is 6.04 Å². The highest BCUT2D eigenvalue weighted by Crippen LogP contribution is 2.28. The lowest BCUT2D eigenvalue weighted by Gasteiger charge is -2.23. The molecular formula is C11H17N3OS. The van der Waals surface area contributed by atoms with Crippen molar-refractivity contribution in [2.45, 2.75) is 31.5 Å². The maximum Gasteiger partial charge on any atom is 0.235 e. The second-order valence-electron chi connectivity index (χ2n) is 4.30. The van der Waals surface area contributed by atoms with Crippen molar-refractivity contribution in [2.75, 3.05) is 6.54 Å². The van der Waals surface area contributed by atoms with Crippen LogP contribution in [0.25, 0.3) is 0 Å². The van der Waals surface area contributed by atoms with E-state index in [4.69, 9.17) is 11.5 Å². The molecule has 1 aliphatic rings. The molecule has 0 radical (unpaired) electrons. The Hall–Kier alpha value is -0.910. The van der Waals surface area contributed by atoms with Gasteiger partial charge in [0.1, 0.15) is 0 Å². The van der Waals surface area contributed by atoms with Gasteiger partial charge in [-0.2, -0.15) is 11.3 Å². The van der Waals surface area contributed by atoms with Crippen molar-refractivity contribution in [3.63, 3.8) is 0 Å². The zero-order valence-electron chi connectivity index (χ0n) is 9.13. The first-order valence-electron chi connectivity index (χ1n) is 5.47. The predicted molar refractivity (Wildman–Crippen MR) is 64.9 cm³/mol. The van der Waals surface area contributed by atoms with Crippen molar-refractivity contribution in [1.29, 1.82) is 0 Å². The molecule has 0 aliphatic heterocycles. The van der Waals surface area contributed by atoms with Crippen LogP contribution in [0.4, 0.5) is 0 Å². The molecule has 16 heavy (non-hydrogen) atoms. The minimum atomic E-state index is -0.556. The molecule has 1 unspecified atom stereocenters. The zero-order chi connectivity index (χ0) is 11.5. The number of nitrogens with two attached hydrogens (primary N) is 2. The van der Waals surface area contributed by atoms with Gasteiger partial charge in [0.15, 0.2) is 0 Å². The summed E-state index contributed by atoms with van der Waals surface area (Å²) in [5.41, 5.74) is 12.2. The third kappa shape index (κ3) is 3.04. The second-order valence-corrected chi connectivity index (χ2v) is 5.08. The van der Waals surface area contributed by atoms with Crippen molar-refractivity contribution in [3.8, 4) is 0 Å². The first kappa shape index (κ1) is 11.6. The lowest BCUT2D eigenvalue weighted by Crippen LogP contribution is -2.46. The van der Waals surface area contributed by atoms with E-state index in [1.54, 1.807) is 11.3 Å². The van der Waals surface area contributed by atoms with E-state index in [0.29, 0.717) is 12.6 Å². The summed E-state index contributed by atoms with van der Waals surface area (Å²) in [6, 6.07) is 2.14. The molecule has 0 aromatic carbocycles. The molecule has 0 saturated heterocycles. The van der Waals surface area contributed by atoms with E-state index in [0.717, 1.165) is 6.54 Å². The van der Waals surface area contributed by atoms with Crippen molar-refractivity contribution in [1.82, 2.24) is 4.90 Å². The standard InChI is InChI=1S/C11H17N3OS/c12-10(11(13)15)6-14(9-1-2-9)5-8-3-4-16-7-8/h3-4,7,9-10H,1-2,5-6,12H2,(H2,13,15). The van der Waals surface area contributed by atoms with Gasteiger partial charge in [0.2, 0.25) is 5.91 Å². The number of primary amides is 1. The Kier molecular flexibility index (Phi) is 3.58. The molecule has 1 amide bonds. The topological polar surface area (TPSA) is 72.3 Å². The third-order valence-electron chi connectivity index (χ3n) is 2.83. The number of hydrogen-bond acceptors (Lipinski definition) is 4. The SMILES string of the molecule is NC(=O)C(N)CN(Cc1ccsc1)C1CC1. The van der Waals surface area contributed by atoms with Crippen molar-refractivity contribution in [2.24, 2.45) is 11.5 Å². The van der Waals surface area contributed by atoms with E-state index >= 15 is 0 Å². The Balaban J connectivity index is 1.92. The normalized spacial score (nSPS) is 17.6. The molecule has 5 heteroatoms. The van der Waals surface area contributed by atoms with Crippen LogP contribution < -0.4 is 11.5 Å². The van der Waals surface area contributed by atoms with Crippen LogP contribution in [0, 0.1) is 0 Å². The molecular weight excluding hydrogens is 222 g/mol. The number of carbonyl (C=O) groups is 1. The number of thiophene rings is 1. The van der Waals surface area contributed by atoms with E-state index in [-0.39, 0.29) is 0 Å². The van der Waals surface area contributed by atoms with Gasteiger partial charge in [-0.25, -0.2) is 0 Å². The Labute approximate surface area is 99.2 Å². The Morgan fingerprint density at radius 1 is 1.62 bits per heavy atom. The molecule has 1 atom stereocenters. The van der Waals surface area contributed by atoms with Gasteiger partial charge in [0.25, 0.3) is 0 Å². The first-order chi connectivity index (χ1) is 7.66. The monoisotopic (exact) mass is 239 g/mol. The van der Waals surface area contributed by atoms with E-state index in [9.17, 15) is 4.79 Å². The van der Waals surface area contributed by atoms with Gasteiger partial charge >= 0.3 is 0 Å². The Bertz CT molecular complexity index is 348. The molecule has 2 rings (SSSR count). The fourth-order valence-electron chi connectivity index (χ4n) is 1.74. The Morgan fingerprint density at radius 2 is 2.38 bits per heavy atom. The molecule has 0 bridgehead atoms. The van der Waals surface area contributed by atoms with Crippen LogP contribution in [-0.2, 0) is 11.3 Å². The molecule has 88 valence electrons. The van der Waals surface area contributed by atoms with E-state index < -0.39 is 11.9 Å². The van der Waals surface area contributed by atoms with Gasteiger partial charge in [-0.3, -0.25) is 9.69 Å². The number of carbonyl (C=O) groups excluding carboxylic acids is 1. The summed E-state index contributed by atoms with van der Waals surface area (Å²) < 4.78 is 0. The maximum absolute atomic E-state index is 11.0. The van der Waals surface area contributed by atoms with Gasteiger partial charge in [-0.1, -0.05) is 0 Å². The van der Waals surface area contributed by atoms with Crippen LogP contribution in [0.3, 0.4) is 0 Å². The Morgan fingerprint density at radius 3 is 2.88 bits per heavy atom. The molecule has 1 aromatic rings. The van der Waals surface area contributed by atoms with Crippen LogP contribution in [0.2, 0.25) is 0 Å². The number of amides is 1. The average Bonchev–Trinajstić information content (AvgIpc) is 2.97. The first-order valence-corrected chi connectivity index (χ1v) is 6.41. The van der Waals surface area contributed by atoms with Crippen molar-refractivity contribution < 1.29 is 4.79 Å². The fraction of sp³-hybridized carbons (Fsp3) is 0.545. The maximum atomic E-state index is 11.0. The van der Waals surface area contributed by atoms with Gasteiger partial charge in [-0.15, -0.1) is 0 Å². The van der Waals surface area contributed by atoms with Crippen molar-refractivity contribution >= 4 is 17.2 Å². The molecule has 1 saturated carbocycles. The summed E-state index contributed by atoms with van der Waals surface area (Å²) in [6.45, 7) is 1.44. The average molecular weight is 239 g/mol. The molecule has 1 heterocycles. The smallest absolute Gasteiger partial charge is 0.235 e. The molecule has 1 fully saturated rings. The second kappa shape index (κ2) is 4.95. The summed E-state index contributed by atoms with van der Waals surface area (Å²) in [6.07, 6.45) is 2.41. The number of hydrogen-bond donors (Lipinski definition) is 2. The summed E-state index contributed by atoms with van der Waals surface area (Å²) in [4.78, 5) is 13.2. The minimum absolute atomic E-state index is 0.420. The molecule has 1 aromatic heterocycles.